The Hall–Kier alpha value is -2.49. The Balaban J connectivity index is 2.02. The van der Waals surface area contributed by atoms with Crippen LogP contribution in [0.5, 0.6) is 0 Å². The highest BCUT2D eigenvalue weighted by Gasteiger charge is 2.23. The Morgan fingerprint density at radius 1 is 1.26 bits per heavy atom. The first-order chi connectivity index (χ1) is 11.2. The van der Waals surface area contributed by atoms with Gasteiger partial charge >= 0.3 is 5.97 Å². The number of ether oxygens (including phenoxy) is 3. The van der Waals surface area contributed by atoms with Crippen molar-refractivity contribution in [1.82, 2.24) is 0 Å². The molecule has 1 aromatic carbocycles. The summed E-state index contributed by atoms with van der Waals surface area (Å²) in [5, 5.41) is 2.16. The number of benzene rings is 1. The largest absolute Gasteiger partial charge is 0.497 e. The van der Waals surface area contributed by atoms with Gasteiger partial charge in [0.1, 0.15) is 17.6 Å². The molecule has 2 aliphatic rings. The van der Waals surface area contributed by atoms with Gasteiger partial charge in [0.05, 0.1) is 20.1 Å². The zero-order valence-electron chi connectivity index (χ0n) is 13.4. The molecule has 0 N–H and O–H groups in total. The van der Waals surface area contributed by atoms with Crippen molar-refractivity contribution >= 4 is 17.3 Å². The van der Waals surface area contributed by atoms with Gasteiger partial charge in [-0.15, -0.1) is 0 Å². The molecule has 120 valence electrons. The van der Waals surface area contributed by atoms with Gasteiger partial charge in [-0.05, 0) is 30.4 Å². The molecule has 0 radical (unpaired) electrons. The number of carbonyl (C=O) groups is 1. The molecule has 0 fully saturated rings. The van der Waals surface area contributed by atoms with Crippen LogP contribution in [0.2, 0.25) is 0 Å². The molecule has 0 amide bonds. The van der Waals surface area contributed by atoms with Gasteiger partial charge in [0.2, 0.25) is 0 Å². The highest BCUT2D eigenvalue weighted by Crippen LogP contribution is 2.25. The third-order valence-electron chi connectivity index (χ3n) is 3.94. The smallest absolute Gasteiger partial charge is 0.306 e. The normalized spacial score (nSPS) is 18.5. The molecule has 0 spiro atoms. The van der Waals surface area contributed by atoms with E-state index in [4.69, 9.17) is 14.2 Å². The molecule has 1 aromatic rings. The zero-order valence-corrected chi connectivity index (χ0v) is 13.4. The lowest BCUT2D eigenvalue weighted by molar-refractivity contribution is -0.143. The van der Waals surface area contributed by atoms with Crippen molar-refractivity contribution in [2.75, 3.05) is 13.7 Å². The quantitative estimate of drug-likeness (QED) is 0.778. The van der Waals surface area contributed by atoms with Gasteiger partial charge in [-0.2, -0.15) is 0 Å². The maximum absolute atomic E-state index is 11.6. The maximum atomic E-state index is 11.6. The van der Waals surface area contributed by atoms with Gasteiger partial charge in [-0.3, -0.25) is 4.79 Å². The van der Waals surface area contributed by atoms with Crippen LogP contribution in [-0.4, -0.2) is 25.8 Å². The second kappa shape index (κ2) is 6.73. The fourth-order valence-corrected chi connectivity index (χ4v) is 2.87. The van der Waals surface area contributed by atoms with Gasteiger partial charge < -0.3 is 14.2 Å². The van der Waals surface area contributed by atoms with E-state index >= 15 is 0 Å². The Labute approximate surface area is 135 Å². The lowest BCUT2D eigenvalue weighted by Crippen LogP contribution is -2.38. The Kier molecular flexibility index (Phi) is 4.51. The van der Waals surface area contributed by atoms with Gasteiger partial charge in [0, 0.05) is 17.2 Å². The molecule has 1 aliphatic heterocycles. The van der Waals surface area contributed by atoms with Crippen LogP contribution in [-0.2, 0) is 19.0 Å². The summed E-state index contributed by atoms with van der Waals surface area (Å²) in [4.78, 5) is 11.6. The van der Waals surface area contributed by atoms with E-state index in [1.807, 2.05) is 43.4 Å². The summed E-state index contributed by atoms with van der Waals surface area (Å²) in [6.45, 7) is 2.21. The predicted octanol–water partition coefficient (Wildman–Crippen LogP) is 1.79. The Morgan fingerprint density at radius 3 is 2.78 bits per heavy atom. The summed E-state index contributed by atoms with van der Waals surface area (Å²) in [7, 11) is 1.66. The molecule has 4 nitrogen and oxygen atoms in total. The van der Waals surface area contributed by atoms with E-state index in [-0.39, 0.29) is 12.1 Å². The van der Waals surface area contributed by atoms with Crippen LogP contribution in [0.3, 0.4) is 0 Å². The highest BCUT2D eigenvalue weighted by atomic mass is 16.5. The lowest BCUT2D eigenvalue weighted by Gasteiger charge is -2.26. The van der Waals surface area contributed by atoms with Gasteiger partial charge in [-0.25, -0.2) is 0 Å². The molecule has 0 saturated carbocycles. The van der Waals surface area contributed by atoms with Crippen molar-refractivity contribution in [3.8, 4) is 0 Å². The molecule has 1 aliphatic carbocycles. The van der Waals surface area contributed by atoms with Crippen molar-refractivity contribution in [1.29, 1.82) is 0 Å². The summed E-state index contributed by atoms with van der Waals surface area (Å²) < 4.78 is 16.4. The van der Waals surface area contributed by atoms with Crippen molar-refractivity contribution in [3.63, 3.8) is 0 Å². The van der Waals surface area contributed by atoms with Crippen molar-refractivity contribution < 1.29 is 19.0 Å². The molecule has 1 heterocycles. The fraction of sp³-hybridized carbons (Fsp3) is 0.316. The van der Waals surface area contributed by atoms with Crippen molar-refractivity contribution in [3.05, 3.63) is 58.7 Å². The number of rotatable bonds is 5. The SMILES string of the molecule is CCOC(=O)CCC1=c2ccccc2=C2C=C(OC)C=CC2O1. The summed E-state index contributed by atoms with van der Waals surface area (Å²) in [5.74, 6) is 1.45. The molecule has 4 heteroatoms. The van der Waals surface area contributed by atoms with Crippen LogP contribution in [0.25, 0.3) is 11.3 Å². The molecular weight excluding hydrogens is 292 g/mol. The highest BCUT2D eigenvalue weighted by molar-refractivity contribution is 5.73. The van der Waals surface area contributed by atoms with Gasteiger partial charge in [0.25, 0.3) is 0 Å². The van der Waals surface area contributed by atoms with Gasteiger partial charge in [0.15, 0.2) is 0 Å². The summed E-state index contributed by atoms with van der Waals surface area (Å²) in [6.07, 6.45) is 6.61. The molecule has 23 heavy (non-hydrogen) atoms. The third-order valence-corrected chi connectivity index (χ3v) is 3.94. The fourth-order valence-electron chi connectivity index (χ4n) is 2.87. The molecule has 0 bridgehead atoms. The Bertz CT molecular complexity index is 786. The monoisotopic (exact) mass is 312 g/mol. The summed E-state index contributed by atoms with van der Waals surface area (Å²) in [5.41, 5.74) is 1.08. The van der Waals surface area contributed by atoms with E-state index in [0.29, 0.717) is 19.4 Å². The van der Waals surface area contributed by atoms with E-state index in [9.17, 15) is 4.79 Å². The topological polar surface area (TPSA) is 44.8 Å². The summed E-state index contributed by atoms with van der Waals surface area (Å²) >= 11 is 0. The first kappa shape index (κ1) is 15.4. The minimum absolute atomic E-state index is 0.138. The standard InChI is InChI=1S/C19H20O4/c1-3-22-19(20)11-10-17-15-7-5-4-6-14(15)16-12-13(21-2)8-9-18(16)23-17/h4-9,12,18H,3,10-11H2,1-2H3. The van der Waals surface area contributed by atoms with E-state index in [0.717, 1.165) is 27.5 Å². The van der Waals surface area contributed by atoms with E-state index in [2.05, 4.69) is 6.07 Å². The number of hydrogen-bond acceptors (Lipinski definition) is 4. The zero-order chi connectivity index (χ0) is 16.2. The molecular formula is C19H20O4. The number of fused-ring (bicyclic) bond motifs is 2. The van der Waals surface area contributed by atoms with E-state index < -0.39 is 0 Å². The van der Waals surface area contributed by atoms with Gasteiger partial charge in [-0.1, -0.05) is 24.3 Å². The van der Waals surface area contributed by atoms with Crippen LogP contribution in [0.4, 0.5) is 0 Å². The average molecular weight is 312 g/mol. The molecule has 1 unspecified atom stereocenters. The summed E-state index contributed by atoms with van der Waals surface area (Å²) in [6, 6.07) is 8.09. The minimum Gasteiger partial charge on any atom is -0.497 e. The van der Waals surface area contributed by atoms with Crippen molar-refractivity contribution in [2.24, 2.45) is 0 Å². The van der Waals surface area contributed by atoms with Crippen LogP contribution < -0.4 is 10.4 Å². The van der Waals surface area contributed by atoms with E-state index in [1.54, 1.807) is 7.11 Å². The number of hydrogen-bond donors (Lipinski definition) is 0. The lowest BCUT2D eigenvalue weighted by atomic mass is 9.96. The first-order valence-electron chi connectivity index (χ1n) is 7.81. The van der Waals surface area contributed by atoms with E-state index in [1.165, 1.54) is 0 Å². The minimum atomic E-state index is -0.198. The second-order valence-corrected chi connectivity index (χ2v) is 5.38. The maximum Gasteiger partial charge on any atom is 0.306 e. The number of carbonyl (C=O) groups excluding carboxylic acids is 1. The van der Waals surface area contributed by atoms with Crippen LogP contribution in [0.1, 0.15) is 19.8 Å². The first-order valence-corrected chi connectivity index (χ1v) is 7.81. The van der Waals surface area contributed by atoms with Crippen LogP contribution in [0.15, 0.2) is 48.3 Å². The Morgan fingerprint density at radius 2 is 2.04 bits per heavy atom. The molecule has 3 rings (SSSR count). The van der Waals surface area contributed by atoms with Crippen LogP contribution >= 0.6 is 0 Å². The molecule has 0 saturated heterocycles. The third kappa shape index (κ3) is 3.16. The second-order valence-electron chi connectivity index (χ2n) is 5.38. The molecule has 0 aromatic heterocycles. The average Bonchev–Trinajstić information content (AvgIpc) is 2.59. The van der Waals surface area contributed by atoms with Crippen molar-refractivity contribution in [2.45, 2.75) is 25.9 Å². The number of allylic oxidation sites excluding steroid dienone is 1. The predicted molar refractivity (Wildman–Crippen MR) is 87.5 cm³/mol. The number of methoxy groups -OCH3 is 1. The van der Waals surface area contributed by atoms with Crippen LogP contribution in [0, 0.1) is 0 Å². The number of esters is 1. The molecule has 1 atom stereocenters.